The Balaban J connectivity index is 1.61. The molecule has 0 aliphatic heterocycles. The standard InChI is InChI=1S/C22H24ClFN2O4/c1-15(26-22(29)20(27)10-7-16-5-3-2-4-6-16)11-12-25-21(28)14-30-17-8-9-18(23)19(24)13-17/h2-6,8-9,13,20,27H,1,7,10-12,14H2,(H,25,28)(H,26,29)/t20-/m1/s1. The van der Waals surface area contributed by atoms with Crippen LogP contribution in [-0.2, 0) is 16.0 Å². The van der Waals surface area contributed by atoms with Crippen LogP contribution in [0.5, 0.6) is 5.75 Å². The van der Waals surface area contributed by atoms with E-state index in [0.29, 0.717) is 25.0 Å². The van der Waals surface area contributed by atoms with Crippen LogP contribution in [0.2, 0.25) is 5.02 Å². The van der Waals surface area contributed by atoms with E-state index < -0.39 is 23.7 Å². The lowest BCUT2D eigenvalue weighted by Gasteiger charge is -2.13. The molecule has 0 saturated heterocycles. The van der Waals surface area contributed by atoms with Gasteiger partial charge in [0.15, 0.2) is 6.61 Å². The number of amides is 2. The molecule has 160 valence electrons. The van der Waals surface area contributed by atoms with Gasteiger partial charge in [-0.25, -0.2) is 4.39 Å². The van der Waals surface area contributed by atoms with E-state index in [-0.39, 0.29) is 23.9 Å². The molecule has 3 N–H and O–H groups in total. The number of hydrogen-bond donors (Lipinski definition) is 3. The first-order chi connectivity index (χ1) is 14.3. The summed E-state index contributed by atoms with van der Waals surface area (Å²) in [6, 6.07) is 13.4. The van der Waals surface area contributed by atoms with Crippen LogP contribution in [0, 0.1) is 5.82 Å². The van der Waals surface area contributed by atoms with E-state index in [1.165, 1.54) is 12.1 Å². The smallest absolute Gasteiger partial charge is 0.257 e. The van der Waals surface area contributed by atoms with Crippen LogP contribution < -0.4 is 15.4 Å². The third-order valence-electron chi connectivity index (χ3n) is 4.16. The molecule has 0 aromatic heterocycles. The van der Waals surface area contributed by atoms with E-state index in [9.17, 15) is 19.1 Å². The number of aryl methyl sites for hydroxylation is 1. The molecular weight excluding hydrogens is 411 g/mol. The minimum atomic E-state index is -1.15. The zero-order valence-corrected chi connectivity index (χ0v) is 17.1. The Morgan fingerprint density at radius 2 is 1.93 bits per heavy atom. The van der Waals surface area contributed by atoms with Crippen molar-refractivity contribution in [3.8, 4) is 5.75 Å². The largest absolute Gasteiger partial charge is 0.484 e. The van der Waals surface area contributed by atoms with Crippen molar-refractivity contribution >= 4 is 23.4 Å². The first kappa shape index (κ1) is 23.4. The number of carbonyl (C=O) groups excluding carboxylic acids is 2. The molecule has 0 spiro atoms. The molecule has 2 aromatic rings. The van der Waals surface area contributed by atoms with Crippen LogP contribution in [0.15, 0.2) is 60.8 Å². The summed E-state index contributed by atoms with van der Waals surface area (Å²) < 4.78 is 18.5. The van der Waals surface area contributed by atoms with Crippen molar-refractivity contribution in [1.82, 2.24) is 10.6 Å². The Morgan fingerprint density at radius 1 is 1.20 bits per heavy atom. The van der Waals surface area contributed by atoms with E-state index in [0.717, 1.165) is 11.6 Å². The van der Waals surface area contributed by atoms with Crippen LogP contribution >= 0.6 is 11.6 Å². The van der Waals surface area contributed by atoms with Crippen molar-refractivity contribution in [3.05, 3.63) is 77.2 Å². The quantitative estimate of drug-likeness (QED) is 0.507. The number of aliphatic hydroxyl groups excluding tert-OH is 1. The number of ether oxygens (including phenoxy) is 1. The van der Waals surface area contributed by atoms with Gasteiger partial charge in [-0.3, -0.25) is 9.59 Å². The van der Waals surface area contributed by atoms with Gasteiger partial charge in [0.05, 0.1) is 5.02 Å². The Bertz CT molecular complexity index is 877. The van der Waals surface area contributed by atoms with Crippen molar-refractivity contribution in [2.75, 3.05) is 13.2 Å². The molecule has 0 radical (unpaired) electrons. The summed E-state index contributed by atoms with van der Waals surface area (Å²) in [7, 11) is 0. The fourth-order valence-electron chi connectivity index (χ4n) is 2.52. The normalized spacial score (nSPS) is 11.4. The fourth-order valence-corrected chi connectivity index (χ4v) is 2.64. The molecule has 0 fully saturated rings. The fraction of sp³-hybridized carbons (Fsp3) is 0.273. The highest BCUT2D eigenvalue weighted by atomic mass is 35.5. The number of carbonyl (C=O) groups is 2. The Hall–Kier alpha value is -2.90. The third kappa shape index (κ3) is 8.23. The van der Waals surface area contributed by atoms with Gasteiger partial charge in [-0.1, -0.05) is 48.5 Å². The van der Waals surface area contributed by atoms with Gasteiger partial charge in [0.2, 0.25) is 0 Å². The maximum atomic E-state index is 13.3. The van der Waals surface area contributed by atoms with Gasteiger partial charge in [0, 0.05) is 24.7 Å². The van der Waals surface area contributed by atoms with Crippen molar-refractivity contribution in [2.24, 2.45) is 0 Å². The number of aliphatic hydroxyl groups is 1. The van der Waals surface area contributed by atoms with Gasteiger partial charge < -0.3 is 20.5 Å². The summed E-state index contributed by atoms with van der Waals surface area (Å²) in [6.45, 7) is 3.65. The van der Waals surface area contributed by atoms with E-state index in [4.69, 9.17) is 16.3 Å². The first-order valence-electron chi connectivity index (χ1n) is 9.40. The average Bonchev–Trinajstić information content (AvgIpc) is 2.73. The van der Waals surface area contributed by atoms with Crippen molar-refractivity contribution in [3.63, 3.8) is 0 Å². The van der Waals surface area contributed by atoms with Crippen LogP contribution in [0.1, 0.15) is 18.4 Å². The lowest BCUT2D eigenvalue weighted by molar-refractivity contribution is -0.128. The summed E-state index contributed by atoms with van der Waals surface area (Å²) in [5.74, 6) is -1.39. The molecule has 0 bridgehead atoms. The van der Waals surface area contributed by atoms with Crippen LogP contribution in [0.4, 0.5) is 4.39 Å². The molecule has 6 nitrogen and oxygen atoms in total. The van der Waals surface area contributed by atoms with Crippen LogP contribution in [0.25, 0.3) is 0 Å². The highest BCUT2D eigenvalue weighted by Crippen LogP contribution is 2.20. The monoisotopic (exact) mass is 434 g/mol. The lowest BCUT2D eigenvalue weighted by Crippen LogP contribution is -2.36. The SMILES string of the molecule is C=C(CCNC(=O)COc1ccc(Cl)c(F)c1)NC(=O)[C@H](O)CCc1ccccc1. The predicted octanol–water partition coefficient (Wildman–Crippen LogP) is 2.99. The van der Waals surface area contributed by atoms with Gasteiger partial charge in [0.25, 0.3) is 11.8 Å². The number of rotatable bonds is 11. The highest BCUT2D eigenvalue weighted by Gasteiger charge is 2.15. The Labute approximate surface area is 179 Å². The Morgan fingerprint density at radius 3 is 2.63 bits per heavy atom. The molecular formula is C22H24ClFN2O4. The minimum absolute atomic E-state index is 0.0301. The van der Waals surface area contributed by atoms with Crippen molar-refractivity contribution in [2.45, 2.75) is 25.4 Å². The second kappa shape index (κ2) is 11.9. The maximum absolute atomic E-state index is 13.3. The number of nitrogens with one attached hydrogen (secondary N) is 2. The molecule has 8 heteroatoms. The van der Waals surface area contributed by atoms with E-state index in [2.05, 4.69) is 17.2 Å². The minimum Gasteiger partial charge on any atom is -0.484 e. The summed E-state index contributed by atoms with van der Waals surface area (Å²) in [6.07, 6.45) is 0.0147. The highest BCUT2D eigenvalue weighted by molar-refractivity contribution is 6.30. The molecule has 0 unspecified atom stereocenters. The lowest BCUT2D eigenvalue weighted by atomic mass is 10.1. The van der Waals surface area contributed by atoms with Gasteiger partial charge >= 0.3 is 0 Å². The second-order valence-corrected chi connectivity index (χ2v) is 7.00. The molecule has 2 rings (SSSR count). The van der Waals surface area contributed by atoms with E-state index >= 15 is 0 Å². The summed E-state index contributed by atoms with van der Waals surface area (Å²) in [5.41, 5.74) is 1.41. The molecule has 2 amide bonds. The molecule has 0 saturated carbocycles. The Kier molecular flexibility index (Phi) is 9.31. The maximum Gasteiger partial charge on any atom is 0.257 e. The molecule has 1 atom stereocenters. The predicted molar refractivity (Wildman–Crippen MR) is 113 cm³/mol. The molecule has 30 heavy (non-hydrogen) atoms. The average molecular weight is 435 g/mol. The second-order valence-electron chi connectivity index (χ2n) is 6.60. The first-order valence-corrected chi connectivity index (χ1v) is 9.78. The van der Waals surface area contributed by atoms with Gasteiger partial charge in [-0.05, 0) is 30.5 Å². The molecule has 0 aliphatic carbocycles. The van der Waals surface area contributed by atoms with Crippen molar-refractivity contribution < 1.29 is 23.8 Å². The van der Waals surface area contributed by atoms with E-state index in [1.807, 2.05) is 30.3 Å². The summed E-state index contributed by atoms with van der Waals surface area (Å²) in [5, 5.41) is 15.1. The molecule has 0 heterocycles. The van der Waals surface area contributed by atoms with Gasteiger partial charge in [0.1, 0.15) is 17.7 Å². The molecule has 2 aromatic carbocycles. The van der Waals surface area contributed by atoms with Crippen LogP contribution in [0.3, 0.4) is 0 Å². The third-order valence-corrected chi connectivity index (χ3v) is 4.47. The van der Waals surface area contributed by atoms with Crippen LogP contribution in [-0.4, -0.2) is 36.2 Å². The summed E-state index contributed by atoms with van der Waals surface area (Å²) in [4.78, 5) is 23.8. The molecule has 0 aliphatic rings. The zero-order valence-electron chi connectivity index (χ0n) is 16.4. The number of halogens is 2. The number of benzene rings is 2. The summed E-state index contributed by atoms with van der Waals surface area (Å²) >= 11 is 5.58. The zero-order chi connectivity index (χ0) is 21.9. The van der Waals surface area contributed by atoms with Crippen molar-refractivity contribution in [1.29, 1.82) is 0 Å². The van der Waals surface area contributed by atoms with E-state index in [1.54, 1.807) is 0 Å². The topological polar surface area (TPSA) is 87.7 Å². The number of hydrogen-bond acceptors (Lipinski definition) is 4. The van der Waals surface area contributed by atoms with Gasteiger partial charge in [-0.2, -0.15) is 0 Å². The van der Waals surface area contributed by atoms with Gasteiger partial charge in [-0.15, -0.1) is 0 Å².